The van der Waals surface area contributed by atoms with E-state index in [9.17, 15) is 27.7 Å². The second-order valence-electron chi connectivity index (χ2n) is 9.24. The normalized spacial score (nSPS) is 13.6. The van der Waals surface area contributed by atoms with Crippen molar-refractivity contribution in [1.82, 2.24) is 5.32 Å². The van der Waals surface area contributed by atoms with Gasteiger partial charge in [0.1, 0.15) is 12.7 Å². The molecule has 224 valence electrons. The Kier molecular flexibility index (Phi) is 19.9. The van der Waals surface area contributed by atoms with Gasteiger partial charge in [-0.3, -0.25) is 18.9 Å². The number of carbonyl (C=O) groups excluding carboxylic acids is 3. The van der Waals surface area contributed by atoms with E-state index in [2.05, 4.69) is 12.2 Å². The summed E-state index contributed by atoms with van der Waals surface area (Å²) in [4.78, 5) is 52.6. The zero-order chi connectivity index (χ0) is 29.0. The molecule has 0 saturated heterocycles. The van der Waals surface area contributed by atoms with E-state index in [-0.39, 0.29) is 37.0 Å². The van der Waals surface area contributed by atoms with Crippen LogP contribution in [-0.2, 0) is 28.4 Å². The SMILES string of the molecule is CCCCCCCCCCCC(=O)OC[C@H](CSC[C@H](N)C(=O)NCCCC(F)(F)P(=O)(O)O)OC(C)=O. The van der Waals surface area contributed by atoms with Gasteiger partial charge in [0.25, 0.3) is 0 Å². The van der Waals surface area contributed by atoms with Crippen LogP contribution in [0.3, 0.4) is 0 Å². The standard InChI is InChI=1S/C24H45F2N2O8PS/c1-3-4-5-6-7-8-9-10-11-13-22(30)35-16-20(36-19(2)29)17-38-18-21(27)23(31)28-15-12-14-24(25,26)37(32,33)34/h20-21H,3-18,27H2,1-2H3,(H,28,31)(H2,32,33,34)/t20-,21+/m1/s1. The van der Waals surface area contributed by atoms with Crippen molar-refractivity contribution in [3.63, 3.8) is 0 Å². The van der Waals surface area contributed by atoms with Gasteiger partial charge in [-0.25, -0.2) is 0 Å². The number of esters is 2. The summed E-state index contributed by atoms with van der Waals surface area (Å²) in [5, 5.41) is 2.34. The molecule has 0 aliphatic carbocycles. The average molecular weight is 591 g/mol. The first-order valence-electron chi connectivity index (χ1n) is 13.2. The molecule has 2 atom stereocenters. The molecule has 14 heteroatoms. The molecule has 1 amide bonds. The third-order valence-corrected chi connectivity index (χ3v) is 7.84. The monoisotopic (exact) mass is 590 g/mol. The first kappa shape index (κ1) is 36.7. The van der Waals surface area contributed by atoms with E-state index in [0.29, 0.717) is 6.42 Å². The van der Waals surface area contributed by atoms with E-state index in [1.54, 1.807) is 0 Å². The minimum atomic E-state index is -5.55. The Morgan fingerprint density at radius 2 is 1.58 bits per heavy atom. The minimum absolute atomic E-state index is 0.113. The van der Waals surface area contributed by atoms with Gasteiger partial charge < -0.3 is 30.3 Å². The van der Waals surface area contributed by atoms with Crippen molar-refractivity contribution < 1.29 is 47.0 Å². The highest BCUT2D eigenvalue weighted by Crippen LogP contribution is 2.55. The summed E-state index contributed by atoms with van der Waals surface area (Å²) < 4.78 is 47.6. The first-order valence-corrected chi connectivity index (χ1v) is 15.9. The van der Waals surface area contributed by atoms with Crippen molar-refractivity contribution in [1.29, 1.82) is 0 Å². The number of nitrogens with one attached hydrogen (secondary N) is 1. The molecule has 10 nitrogen and oxygen atoms in total. The van der Waals surface area contributed by atoms with E-state index in [4.69, 9.17) is 25.0 Å². The lowest BCUT2D eigenvalue weighted by Gasteiger charge is -2.19. The van der Waals surface area contributed by atoms with Gasteiger partial charge in [-0.05, 0) is 12.8 Å². The summed E-state index contributed by atoms with van der Waals surface area (Å²) in [5.41, 5.74) is 1.63. The Morgan fingerprint density at radius 3 is 2.13 bits per heavy atom. The summed E-state index contributed by atoms with van der Waals surface area (Å²) in [6, 6.07) is -0.991. The molecule has 0 bridgehead atoms. The van der Waals surface area contributed by atoms with E-state index in [1.165, 1.54) is 50.8 Å². The van der Waals surface area contributed by atoms with Gasteiger partial charge in [-0.2, -0.15) is 20.5 Å². The van der Waals surface area contributed by atoms with Crippen LogP contribution in [0.15, 0.2) is 0 Å². The topological polar surface area (TPSA) is 165 Å². The van der Waals surface area contributed by atoms with Crippen LogP contribution in [0, 0.1) is 0 Å². The number of hydrogen-bond donors (Lipinski definition) is 4. The molecule has 0 fully saturated rings. The maximum Gasteiger partial charge on any atom is 0.394 e. The number of alkyl halides is 2. The van der Waals surface area contributed by atoms with Crippen molar-refractivity contribution in [2.75, 3.05) is 24.7 Å². The number of amides is 1. The van der Waals surface area contributed by atoms with Crippen LogP contribution in [0.4, 0.5) is 8.78 Å². The van der Waals surface area contributed by atoms with E-state index < -0.39 is 43.7 Å². The number of hydrogen-bond acceptors (Lipinski definition) is 8. The molecule has 0 aromatic heterocycles. The lowest BCUT2D eigenvalue weighted by atomic mass is 10.1. The lowest BCUT2D eigenvalue weighted by Crippen LogP contribution is -2.43. The molecular weight excluding hydrogens is 545 g/mol. The zero-order valence-electron chi connectivity index (χ0n) is 22.5. The molecular formula is C24H45F2N2O8PS. The summed E-state index contributed by atoms with van der Waals surface area (Å²) >= 11 is 1.19. The number of ether oxygens (including phenoxy) is 2. The van der Waals surface area contributed by atoms with Crippen LogP contribution < -0.4 is 11.1 Å². The van der Waals surface area contributed by atoms with Gasteiger partial charge in [-0.1, -0.05) is 58.3 Å². The van der Waals surface area contributed by atoms with Crippen LogP contribution in [0.25, 0.3) is 0 Å². The lowest BCUT2D eigenvalue weighted by molar-refractivity contribution is -0.156. The number of carbonyl (C=O) groups is 3. The van der Waals surface area contributed by atoms with Crippen LogP contribution in [0.2, 0.25) is 0 Å². The van der Waals surface area contributed by atoms with Gasteiger partial charge >= 0.3 is 25.2 Å². The van der Waals surface area contributed by atoms with Crippen LogP contribution in [-0.4, -0.2) is 70.1 Å². The van der Waals surface area contributed by atoms with Crippen LogP contribution >= 0.6 is 19.4 Å². The molecule has 38 heavy (non-hydrogen) atoms. The molecule has 0 heterocycles. The Bertz CT molecular complexity index is 742. The van der Waals surface area contributed by atoms with Gasteiger partial charge in [0, 0.05) is 37.8 Å². The summed E-state index contributed by atoms with van der Waals surface area (Å²) in [5.74, 6) is -1.18. The fourth-order valence-corrected chi connectivity index (χ4v) is 4.80. The number of rotatable bonds is 23. The molecule has 0 rings (SSSR count). The number of unbranched alkanes of at least 4 members (excludes halogenated alkanes) is 8. The second kappa shape index (κ2) is 20.6. The molecule has 0 unspecified atom stereocenters. The summed E-state index contributed by atoms with van der Waals surface area (Å²) in [6.45, 7) is 3.08. The maximum atomic E-state index is 13.2. The van der Waals surface area contributed by atoms with Crippen molar-refractivity contribution in [3.8, 4) is 0 Å². The van der Waals surface area contributed by atoms with E-state index >= 15 is 0 Å². The Labute approximate surface area is 228 Å². The van der Waals surface area contributed by atoms with Crippen molar-refractivity contribution in [2.45, 2.75) is 109 Å². The minimum Gasteiger partial charge on any atom is -0.462 e. The number of halogens is 2. The zero-order valence-corrected chi connectivity index (χ0v) is 24.2. The molecule has 0 saturated carbocycles. The summed E-state index contributed by atoms with van der Waals surface area (Å²) in [6.07, 6.45) is 8.35. The van der Waals surface area contributed by atoms with Gasteiger partial charge in [0.2, 0.25) is 5.91 Å². The Balaban J connectivity index is 4.15. The van der Waals surface area contributed by atoms with Crippen LogP contribution in [0.1, 0.15) is 90.9 Å². The maximum absolute atomic E-state index is 13.2. The second-order valence-corrected chi connectivity index (χ2v) is 12.1. The smallest absolute Gasteiger partial charge is 0.394 e. The number of thioether (sulfide) groups is 1. The fourth-order valence-electron chi connectivity index (χ4n) is 3.38. The van der Waals surface area contributed by atoms with E-state index in [1.807, 2.05) is 0 Å². The molecule has 0 radical (unpaired) electrons. The largest absolute Gasteiger partial charge is 0.462 e. The van der Waals surface area contributed by atoms with Crippen molar-refractivity contribution in [2.24, 2.45) is 5.73 Å². The third kappa shape index (κ3) is 18.9. The van der Waals surface area contributed by atoms with Crippen molar-refractivity contribution >= 4 is 37.2 Å². The molecule has 0 spiro atoms. The molecule has 0 aliphatic heterocycles. The van der Waals surface area contributed by atoms with Gasteiger partial charge in [0.05, 0.1) is 6.04 Å². The van der Waals surface area contributed by atoms with E-state index in [0.717, 1.165) is 25.7 Å². The molecule has 5 N–H and O–H groups in total. The third-order valence-electron chi connectivity index (χ3n) is 5.56. The van der Waals surface area contributed by atoms with Gasteiger partial charge in [0.15, 0.2) is 0 Å². The van der Waals surface area contributed by atoms with Gasteiger partial charge in [-0.15, -0.1) is 0 Å². The predicted molar refractivity (Wildman–Crippen MR) is 143 cm³/mol. The van der Waals surface area contributed by atoms with Crippen molar-refractivity contribution in [3.05, 3.63) is 0 Å². The highest BCUT2D eigenvalue weighted by molar-refractivity contribution is 7.99. The predicted octanol–water partition coefficient (Wildman–Crippen LogP) is 4.11. The highest BCUT2D eigenvalue weighted by atomic mass is 32.2. The quantitative estimate of drug-likeness (QED) is 0.0773. The molecule has 0 aromatic carbocycles. The fraction of sp³-hybridized carbons (Fsp3) is 0.875. The first-order chi connectivity index (χ1) is 17.8. The summed E-state index contributed by atoms with van der Waals surface area (Å²) in [7, 11) is -5.55. The number of nitrogens with two attached hydrogens (primary N) is 1. The Morgan fingerprint density at radius 1 is 1.00 bits per heavy atom. The Hall–Kier alpha value is -1.27. The average Bonchev–Trinajstić information content (AvgIpc) is 2.82. The van der Waals surface area contributed by atoms with Crippen LogP contribution in [0.5, 0.6) is 0 Å². The highest BCUT2D eigenvalue weighted by Gasteiger charge is 2.47. The molecule has 0 aromatic rings. The molecule has 0 aliphatic rings.